The lowest BCUT2D eigenvalue weighted by molar-refractivity contribution is -0.172. The number of nitrogens with zero attached hydrogens (tertiary/aromatic N) is 2. The van der Waals surface area contributed by atoms with Gasteiger partial charge in [0.05, 0.1) is 19.3 Å². The summed E-state index contributed by atoms with van der Waals surface area (Å²) in [6, 6.07) is -0.477. The second-order valence-electron chi connectivity index (χ2n) is 5.00. The van der Waals surface area contributed by atoms with Gasteiger partial charge in [-0.2, -0.15) is 5.06 Å². The maximum atomic E-state index is 11.8. The summed E-state index contributed by atoms with van der Waals surface area (Å²) < 4.78 is 6.35. The number of carbonyl (C=O) groups is 1. The fourth-order valence-electron chi connectivity index (χ4n) is 2.31. The average Bonchev–Trinajstić information content (AvgIpc) is 2.77. The molecule has 8 heteroatoms. The van der Waals surface area contributed by atoms with E-state index in [1.165, 1.54) is 15.8 Å². The molecule has 21 heavy (non-hydrogen) atoms. The summed E-state index contributed by atoms with van der Waals surface area (Å²) in [7, 11) is 1.66. The Balaban J connectivity index is 2.09. The Hall–Kier alpha value is -1.93. The minimum Gasteiger partial charge on any atom is -0.465 e. The first-order valence-electron chi connectivity index (χ1n) is 6.79. The molecule has 0 aromatic carbocycles. The molecule has 0 bridgehead atoms. The molecule has 8 nitrogen and oxygen atoms in total. The van der Waals surface area contributed by atoms with E-state index < -0.39 is 17.3 Å². The van der Waals surface area contributed by atoms with Crippen LogP contribution in [0.5, 0.6) is 0 Å². The van der Waals surface area contributed by atoms with Crippen molar-refractivity contribution in [2.24, 2.45) is 0 Å². The maximum Gasteiger partial charge on any atom is 0.328 e. The molecule has 1 fully saturated rings. The van der Waals surface area contributed by atoms with E-state index in [1.54, 1.807) is 20.9 Å². The number of nitrogens with one attached hydrogen (secondary N) is 1. The first-order chi connectivity index (χ1) is 9.92. The van der Waals surface area contributed by atoms with Crippen LogP contribution in [0, 0.1) is 6.92 Å². The number of esters is 1. The highest BCUT2D eigenvalue weighted by molar-refractivity contribution is 5.75. The quantitative estimate of drug-likeness (QED) is 0.747. The lowest BCUT2D eigenvalue weighted by Crippen LogP contribution is -2.34. The van der Waals surface area contributed by atoms with Gasteiger partial charge >= 0.3 is 11.7 Å². The van der Waals surface area contributed by atoms with E-state index in [2.05, 4.69) is 4.98 Å². The van der Waals surface area contributed by atoms with Crippen LogP contribution in [0.4, 0.5) is 0 Å². The molecule has 2 atom stereocenters. The SMILES string of the molecule is CCOC(=O)[C@H]1C[C@H](Cn2cc(C)c(=O)[nH]c2=O)ON1C. The predicted molar refractivity (Wildman–Crippen MR) is 73.7 cm³/mol. The summed E-state index contributed by atoms with van der Waals surface area (Å²) in [6.45, 7) is 3.94. The molecule has 116 valence electrons. The van der Waals surface area contributed by atoms with Crippen molar-refractivity contribution in [3.63, 3.8) is 0 Å². The number of H-pyrrole nitrogens is 1. The third-order valence-electron chi connectivity index (χ3n) is 3.39. The fourth-order valence-corrected chi connectivity index (χ4v) is 2.31. The Bertz CT molecular complexity index is 635. The Kier molecular flexibility index (Phi) is 4.59. The zero-order chi connectivity index (χ0) is 15.6. The average molecular weight is 297 g/mol. The number of likely N-dealkylation sites (N-methyl/N-ethyl adjacent to an activating group) is 1. The van der Waals surface area contributed by atoms with Crippen molar-refractivity contribution in [2.75, 3.05) is 13.7 Å². The van der Waals surface area contributed by atoms with Gasteiger partial charge in [0.1, 0.15) is 6.04 Å². The molecule has 0 saturated carbocycles. The Morgan fingerprint density at radius 1 is 1.52 bits per heavy atom. The molecular weight excluding hydrogens is 278 g/mol. The molecule has 0 amide bonds. The van der Waals surface area contributed by atoms with Crippen molar-refractivity contribution in [1.29, 1.82) is 0 Å². The summed E-state index contributed by atoms with van der Waals surface area (Å²) >= 11 is 0. The predicted octanol–water partition coefficient (Wildman–Crippen LogP) is -0.588. The van der Waals surface area contributed by atoms with E-state index in [0.29, 0.717) is 18.6 Å². The molecular formula is C13H19N3O5. The number of hydrogen-bond acceptors (Lipinski definition) is 6. The fraction of sp³-hybridized carbons (Fsp3) is 0.615. The number of carbonyl (C=O) groups excluding carboxylic acids is 1. The topological polar surface area (TPSA) is 93.6 Å². The normalized spacial score (nSPS) is 22.4. The third-order valence-corrected chi connectivity index (χ3v) is 3.39. The van der Waals surface area contributed by atoms with Gasteiger partial charge in [-0.15, -0.1) is 0 Å². The van der Waals surface area contributed by atoms with E-state index in [4.69, 9.17) is 9.57 Å². The zero-order valence-electron chi connectivity index (χ0n) is 12.3. The number of hydroxylamine groups is 2. The van der Waals surface area contributed by atoms with Crippen molar-refractivity contribution in [2.45, 2.75) is 39.0 Å². The number of aryl methyl sites for hydroxylation is 1. The van der Waals surface area contributed by atoms with Crippen LogP contribution >= 0.6 is 0 Å². The molecule has 1 saturated heterocycles. The minimum absolute atomic E-state index is 0.261. The highest BCUT2D eigenvalue weighted by Crippen LogP contribution is 2.21. The summed E-state index contributed by atoms with van der Waals surface area (Å²) in [5.41, 5.74) is -0.440. The van der Waals surface area contributed by atoms with Crippen molar-refractivity contribution < 1.29 is 14.4 Å². The van der Waals surface area contributed by atoms with Gasteiger partial charge in [0.15, 0.2) is 0 Å². The third kappa shape index (κ3) is 3.40. The molecule has 2 heterocycles. The molecule has 1 aliphatic heterocycles. The number of rotatable bonds is 4. The van der Waals surface area contributed by atoms with Crippen molar-refractivity contribution in [3.05, 3.63) is 32.6 Å². The number of aromatic amines is 1. The van der Waals surface area contributed by atoms with Gasteiger partial charge in [-0.1, -0.05) is 0 Å². The minimum atomic E-state index is -0.489. The van der Waals surface area contributed by atoms with Crippen LogP contribution in [0.1, 0.15) is 18.9 Å². The number of aromatic nitrogens is 2. The maximum absolute atomic E-state index is 11.8. The Morgan fingerprint density at radius 3 is 2.90 bits per heavy atom. The Labute approximate surface area is 121 Å². The monoisotopic (exact) mass is 297 g/mol. The lowest BCUT2D eigenvalue weighted by Gasteiger charge is -2.15. The second-order valence-corrected chi connectivity index (χ2v) is 5.00. The van der Waals surface area contributed by atoms with Gasteiger partial charge in [0.2, 0.25) is 0 Å². The van der Waals surface area contributed by atoms with Gasteiger partial charge in [0.25, 0.3) is 5.56 Å². The summed E-state index contributed by atoms with van der Waals surface area (Å²) in [5.74, 6) is -0.340. The van der Waals surface area contributed by atoms with Crippen molar-refractivity contribution in [1.82, 2.24) is 14.6 Å². The molecule has 1 aromatic heterocycles. The van der Waals surface area contributed by atoms with E-state index in [1.807, 2.05) is 0 Å². The van der Waals surface area contributed by atoms with Gasteiger partial charge < -0.3 is 4.74 Å². The molecule has 2 rings (SSSR count). The molecule has 0 spiro atoms. The molecule has 0 radical (unpaired) electrons. The van der Waals surface area contributed by atoms with Crippen LogP contribution in [0.15, 0.2) is 15.8 Å². The molecule has 1 aromatic rings. The highest BCUT2D eigenvalue weighted by Gasteiger charge is 2.37. The van der Waals surface area contributed by atoms with Gasteiger partial charge in [-0.25, -0.2) is 4.79 Å². The van der Waals surface area contributed by atoms with E-state index >= 15 is 0 Å². The molecule has 0 unspecified atom stereocenters. The smallest absolute Gasteiger partial charge is 0.328 e. The summed E-state index contributed by atoms with van der Waals surface area (Å²) in [4.78, 5) is 42.6. The van der Waals surface area contributed by atoms with Gasteiger partial charge in [0, 0.05) is 25.2 Å². The highest BCUT2D eigenvalue weighted by atomic mass is 16.7. The van der Waals surface area contributed by atoms with E-state index in [9.17, 15) is 14.4 Å². The van der Waals surface area contributed by atoms with E-state index in [-0.39, 0.29) is 18.6 Å². The second kappa shape index (κ2) is 6.23. The standard InChI is InChI=1S/C13H19N3O5/c1-4-20-12(18)10-5-9(21-15(10)3)7-16-6-8(2)11(17)14-13(16)19/h6,9-10H,4-5,7H2,1-3H3,(H,14,17,19)/t9-,10-/m1/s1. The van der Waals surface area contributed by atoms with Crippen LogP contribution < -0.4 is 11.2 Å². The van der Waals surface area contributed by atoms with Crippen molar-refractivity contribution in [3.8, 4) is 0 Å². The van der Waals surface area contributed by atoms with Gasteiger partial charge in [-0.3, -0.25) is 24.0 Å². The van der Waals surface area contributed by atoms with Crippen LogP contribution in [0.2, 0.25) is 0 Å². The van der Waals surface area contributed by atoms with Crippen LogP contribution in [0.25, 0.3) is 0 Å². The van der Waals surface area contributed by atoms with Crippen molar-refractivity contribution >= 4 is 5.97 Å². The van der Waals surface area contributed by atoms with Crippen LogP contribution in [-0.2, 0) is 20.9 Å². The first-order valence-corrected chi connectivity index (χ1v) is 6.79. The number of ether oxygens (including phenoxy) is 1. The van der Waals surface area contributed by atoms with Crippen LogP contribution in [-0.4, -0.2) is 46.4 Å². The van der Waals surface area contributed by atoms with Gasteiger partial charge in [-0.05, 0) is 13.8 Å². The largest absolute Gasteiger partial charge is 0.465 e. The molecule has 1 aliphatic rings. The zero-order valence-corrected chi connectivity index (χ0v) is 12.3. The first kappa shape index (κ1) is 15.5. The van der Waals surface area contributed by atoms with Crippen LogP contribution in [0.3, 0.4) is 0 Å². The Morgan fingerprint density at radius 2 is 2.24 bits per heavy atom. The molecule has 0 aliphatic carbocycles. The number of hydrogen-bond donors (Lipinski definition) is 1. The molecule has 1 N–H and O–H groups in total. The van der Waals surface area contributed by atoms with E-state index in [0.717, 1.165) is 0 Å². The lowest BCUT2D eigenvalue weighted by atomic mass is 10.1. The summed E-state index contributed by atoms with van der Waals surface area (Å²) in [5, 5.41) is 1.45. The summed E-state index contributed by atoms with van der Waals surface area (Å²) in [6.07, 6.45) is 1.59.